The van der Waals surface area contributed by atoms with Crippen LogP contribution in [-0.2, 0) is 14.3 Å². The number of carbonyl (C=O) groups excluding carboxylic acids is 1. The zero-order valence-electron chi connectivity index (χ0n) is 7.01. The van der Waals surface area contributed by atoms with E-state index in [0.717, 1.165) is 0 Å². The summed E-state index contributed by atoms with van der Waals surface area (Å²) >= 11 is 5.62. The average Bonchev–Trinajstić information content (AvgIpc) is 2.05. The Morgan fingerprint density at radius 3 is 2.77 bits per heavy atom. The third kappa shape index (κ3) is 2.54. The van der Waals surface area contributed by atoms with Crippen molar-refractivity contribution in [3.8, 4) is 0 Å². The van der Waals surface area contributed by atoms with Gasteiger partial charge in [-0.15, -0.1) is 0 Å². The molecular weight excluding hydrogens is 200 g/mol. The molecule has 5 nitrogen and oxygen atoms in total. The summed E-state index contributed by atoms with van der Waals surface area (Å²) in [6.07, 6.45) is -3.28. The Bertz CT molecular complexity index is 197. The van der Waals surface area contributed by atoms with E-state index in [1.807, 2.05) is 0 Å². The van der Waals surface area contributed by atoms with Crippen LogP contribution < -0.4 is 0 Å². The van der Waals surface area contributed by atoms with Crippen molar-refractivity contribution in [3.05, 3.63) is 0 Å². The van der Waals surface area contributed by atoms with Crippen molar-refractivity contribution >= 4 is 17.6 Å². The molecule has 1 heterocycles. The fourth-order valence-corrected chi connectivity index (χ4v) is 1.35. The molecule has 0 radical (unpaired) electrons. The molecule has 0 aliphatic carbocycles. The summed E-state index contributed by atoms with van der Waals surface area (Å²) < 4.78 is 9.53. The lowest BCUT2D eigenvalue weighted by Gasteiger charge is -2.34. The van der Waals surface area contributed by atoms with Crippen LogP contribution in [0.15, 0.2) is 0 Å². The Morgan fingerprint density at radius 1 is 1.62 bits per heavy atom. The van der Waals surface area contributed by atoms with Gasteiger partial charge in [0.05, 0.1) is 6.61 Å². The van der Waals surface area contributed by atoms with Gasteiger partial charge >= 0.3 is 5.97 Å². The highest BCUT2D eigenvalue weighted by Crippen LogP contribution is 2.21. The molecule has 0 amide bonds. The van der Waals surface area contributed by atoms with Gasteiger partial charge in [0.1, 0.15) is 12.2 Å². The van der Waals surface area contributed by atoms with Crippen LogP contribution in [-0.4, -0.2) is 46.7 Å². The maximum absolute atomic E-state index is 10.6. The first-order valence-corrected chi connectivity index (χ1v) is 4.25. The first kappa shape index (κ1) is 10.7. The highest BCUT2D eigenvalue weighted by Gasteiger charge is 2.40. The minimum absolute atomic E-state index is 0.0624. The second kappa shape index (κ2) is 4.23. The molecule has 2 N–H and O–H groups in total. The Labute approximate surface area is 80.2 Å². The van der Waals surface area contributed by atoms with Crippen LogP contribution in [0.5, 0.6) is 0 Å². The standard InChI is InChI=1S/C7H11ClO5/c1-3(9)13-6-5(11)4(10)2-12-7(6)8/h4-7,10-11H,2H2,1H3/t4-,5-,6+,7+/m0/s1. The smallest absolute Gasteiger partial charge is 0.303 e. The topological polar surface area (TPSA) is 76.0 Å². The minimum Gasteiger partial charge on any atom is -0.456 e. The fourth-order valence-electron chi connectivity index (χ4n) is 1.07. The molecule has 1 aliphatic rings. The average molecular weight is 211 g/mol. The number of hydrogen-bond donors (Lipinski definition) is 2. The molecule has 0 unspecified atom stereocenters. The predicted molar refractivity (Wildman–Crippen MR) is 43.2 cm³/mol. The Hall–Kier alpha value is -0.360. The zero-order chi connectivity index (χ0) is 10.0. The van der Waals surface area contributed by atoms with Crippen molar-refractivity contribution < 1.29 is 24.5 Å². The van der Waals surface area contributed by atoms with E-state index >= 15 is 0 Å². The predicted octanol–water partition coefficient (Wildman–Crippen LogP) is -0.765. The van der Waals surface area contributed by atoms with E-state index < -0.39 is 29.8 Å². The molecule has 13 heavy (non-hydrogen) atoms. The third-order valence-corrected chi connectivity index (χ3v) is 2.09. The highest BCUT2D eigenvalue weighted by molar-refractivity contribution is 6.20. The highest BCUT2D eigenvalue weighted by atomic mass is 35.5. The number of hydrogen-bond acceptors (Lipinski definition) is 5. The van der Waals surface area contributed by atoms with Gasteiger partial charge in [0.25, 0.3) is 0 Å². The second-order valence-corrected chi connectivity index (χ2v) is 3.25. The number of carbonyl (C=O) groups is 1. The van der Waals surface area contributed by atoms with Crippen LogP contribution in [0.3, 0.4) is 0 Å². The molecule has 0 saturated carbocycles. The Morgan fingerprint density at radius 2 is 2.23 bits per heavy atom. The molecule has 4 atom stereocenters. The van der Waals surface area contributed by atoms with Gasteiger partial charge in [0.15, 0.2) is 11.7 Å². The van der Waals surface area contributed by atoms with Gasteiger partial charge in [-0.25, -0.2) is 0 Å². The van der Waals surface area contributed by atoms with Crippen molar-refractivity contribution in [3.63, 3.8) is 0 Å². The monoisotopic (exact) mass is 210 g/mol. The largest absolute Gasteiger partial charge is 0.456 e. The van der Waals surface area contributed by atoms with E-state index in [1.165, 1.54) is 6.92 Å². The van der Waals surface area contributed by atoms with Crippen molar-refractivity contribution in [1.29, 1.82) is 0 Å². The van der Waals surface area contributed by atoms with Crippen LogP contribution in [0.2, 0.25) is 0 Å². The first-order valence-electron chi connectivity index (χ1n) is 3.81. The van der Waals surface area contributed by atoms with Gasteiger partial charge in [0.2, 0.25) is 0 Å². The minimum atomic E-state index is -1.19. The van der Waals surface area contributed by atoms with Gasteiger partial charge < -0.3 is 19.7 Å². The maximum Gasteiger partial charge on any atom is 0.303 e. The molecule has 1 rings (SSSR count). The van der Waals surface area contributed by atoms with Crippen molar-refractivity contribution in [2.24, 2.45) is 0 Å². The summed E-state index contributed by atoms with van der Waals surface area (Å²) in [5, 5.41) is 18.5. The van der Waals surface area contributed by atoms with E-state index in [9.17, 15) is 9.90 Å². The zero-order valence-corrected chi connectivity index (χ0v) is 7.77. The lowest BCUT2D eigenvalue weighted by molar-refractivity contribution is -0.191. The van der Waals surface area contributed by atoms with Crippen LogP contribution in [0, 0.1) is 0 Å². The summed E-state index contributed by atoms with van der Waals surface area (Å²) in [6, 6.07) is 0. The molecule has 1 fully saturated rings. The van der Waals surface area contributed by atoms with Crippen LogP contribution >= 0.6 is 11.6 Å². The SMILES string of the molecule is CC(=O)O[C@@H]1[C@@H](O)[C@@H](O)CO[C@H]1Cl. The van der Waals surface area contributed by atoms with Crippen molar-refractivity contribution in [2.45, 2.75) is 30.8 Å². The van der Waals surface area contributed by atoms with Gasteiger partial charge in [-0.3, -0.25) is 4.79 Å². The number of halogens is 1. The summed E-state index contributed by atoms with van der Waals surface area (Å²) in [4.78, 5) is 10.6. The fraction of sp³-hybridized carbons (Fsp3) is 0.857. The molecule has 0 aromatic carbocycles. The quantitative estimate of drug-likeness (QED) is 0.439. The normalized spacial score (nSPS) is 40.0. The molecule has 0 bridgehead atoms. The number of esters is 1. The van der Waals surface area contributed by atoms with Crippen molar-refractivity contribution in [2.75, 3.05) is 6.61 Å². The molecule has 6 heteroatoms. The molecule has 0 spiro atoms. The van der Waals surface area contributed by atoms with E-state index in [4.69, 9.17) is 21.4 Å². The Kier molecular flexibility index (Phi) is 3.49. The van der Waals surface area contributed by atoms with Crippen LogP contribution in [0.4, 0.5) is 0 Å². The number of alkyl halides is 1. The number of aliphatic hydroxyl groups is 2. The third-order valence-electron chi connectivity index (χ3n) is 1.72. The van der Waals surface area contributed by atoms with Gasteiger partial charge in [0, 0.05) is 6.92 Å². The summed E-state index contributed by atoms with van der Waals surface area (Å²) in [5.74, 6) is -0.576. The number of ether oxygens (including phenoxy) is 2. The van der Waals surface area contributed by atoms with Crippen molar-refractivity contribution in [1.82, 2.24) is 0 Å². The van der Waals surface area contributed by atoms with Gasteiger partial charge in [-0.2, -0.15) is 0 Å². The molecule has 0 aromatic rings. The lowest BCUT2D eigenvalue weighted by atomic mass is 10.1. The first-order chi connectivity index (χ1) is 6.02. The molecular formula is C7H11ClO5. The van der Waals surface area contributed by atoms with Gasteiger partial charge in [-0.1, -0.05) is 11.6 Å². The Balaban J connectivity index is 2.60. The van der Waals surface area contributed by atoms with E-state index in [1.54, 1.807) is 0 Å². The second-order valence-electron chi connectivity index (χ2n) is 2.82. The summed E-state index contributed by atoms with van der Waals surface area (Å²) in [7, 11) is 0. The van der Waals surface area contributed by atoms with Crippen LogP contribution in [0.25, 0.3) is 0 Å². The molecule has 1 saturated heterocycles. The number of aliphatic hydroxyl groups excluding tert-OH is 2. The summed E-state index contributed by atoms with van der Waals surface area (Å²) in [6.45, 7) is 1.13. The lowest BCUT2D eigenvalue weighted by Crippen LogP contribution is -2.52. The van der Waals surface area contributed by atoms with Gasteiger partial charge in [-0.05, 0) is 0 Å². The molecule has 1 aliphatic heterocycles. The van der Waals surface area contributed by atoms with Crippen LogP contribution in [0.1, 0.15) is 6.92 Å². The molecule has 0 aromatic heterocycles. The molecule has 76 valence electrons. The summed E-state index contributed by atoms with van der Waals surface area (Å²) in [5.41, 5.74) is -0.915. The van der Waals surface area contributed by atoms with E-state index in [-0.39, 0.29) is 6.61 Å². The van der Waals surface area contributed by atoms with E-state index in [2.05, 4.69) is 4.74 Å². The van der Waals surface area contributed by atoms with E-state index in [0.29, 0.717) is 0 Å². The number of rotatable bonds is 1. The maximum atomic E-state index is 10.6.